The molecule has 1 aliphatic carbocycles. The highest BCUT2D eigenvalue weighted by atomic mass is 19.1. The Morgan fingerprint density at radius 2 is 2.06 bits per heavy atom. The van der Waals surface area contributed by atoms with E-state index in [-0.39, 0.29) is 5.82 Å². The minimum atomic E-state index is -0.218. The summed E-state index contributed by atoms with van der Waals surface area (Å²) in [6, 6.07) is 3.53. The van der Waals surface area contributed by atoms with Gasteiger partial charge in [-0.05, 0) is 49.9 Å². The fourth-order valence-electron chi connectivity index (χ4n) is 1.96. The SMILES string of the molecule is Cc1cc(F)cc(-c2cnn(C3CC3)n2)c1C. The molecule has 0 saturated heterocycles. The van der Waals surface area contributed by atoms with Crippen LogP contribution in [0.2, 0.25) is 0 Å². The highest BCUT2D eigenvalue weighted by Gasteiger charge is 2.26. The van der Waals surface area contributed by atoms with Crippen LogP contribution >= 0.6 is 0 Å². The van der Waals surface area contributed by atoms with E-state index in [0.29, 0.717) is 6.04 Å². The van der Waals surface area contributed by atoms with Gasteiger partial charge in [-0.2, -0.15) is 15.0 Å². The Morgan fingerprint density at radius 1 is 1.29 bits per heavy atom. The fourth-order valence-corrected chi connectivity index (χ4v) is 1.96. The van der Waals surface area contributed by atoms with Gasteiger partial charge in [0, 0.05) is 5.56 Å². The van der Waals surface area contributed by atoms with Gasteiger partial charge in [0.1, 0.15) is 11.5 Å². The Kier molecular flexibility index (Phi) is 2.24. The van der Waals surface area contributed by atoms with Crippen LogP contribution in [0.15, 0.2) is 18.3 Å². The number of nitrogens with zero attached hydrogens (tertiary/aromatic N) is 3. The number of hydrogen-bond donors (Lipinski definition) is 0. The third-order valence-electron chi connectivity index (χ3n) is 3.29. The van der Waals surface area contributed by atoms with Crippen molar-refractivity contribution in [2.24, 2.45) is 0 Å². The Labute approximate surface area is 99.3 Å². The lowest BCUT2D eigenvalue weighted by molar-refractivity contribution is 0.554. The van der Waals surface area contributed by atoms with Crippen LogP contribution in [0.5, 0.6) is 0 Å². The van der Waals surface area contributed by atoms with Gasteiger partial charge in [0.05, 0.1) is 12.2 Å². The maximum Gasteiger partial charge on any atom is 0.124 e. The number of halogens is 1. The standard InChI is InChI=1S/C13H14FN3/c1-8-5-10(14)6-12(9(8)2)13-7-15-17(16-13)11-3-4-11/h5-7,11H,3-4H2,1-2H3. The van der Waals surface area contributed by atoms with E-state index < -0.39 is 0 Å². The summed E-state index contributed by atoms with van der Waals surface area (Å²) in [5.41, 5.74) is 3.61. The molecule has 2 aromatic rings. The van der Waals surface area contributed by atoms with Crippen molar-refractivity contribution in [1.82, 2.24) is 15.0 Å². The zero-order valence-electron chi connectivity index (χ0n) is 9.94. The van der Waals surface area contributed by atoms with Crippen molar-refractivity contribution < 1.29 is 4.39 Å². The summed E-state index contributed by atoms with van der Waals surface area (Å²) in [5, 5.41) is 8.66. The molecule has 1 fully saturated rings. The zero-order valence-corrected chi connectivity index (χ0v) is 9.94. The molecule has 17 heavy (non-hydrogen) atoms. The first-order chi connectivity index (χ1) is 8.15. The quantitative estimate of drug-likeness (QED) is 0.795. The van der Waals surface area contributed by atoms with Crippen molar-refractivity contribution in [2.45, 2.75) is 32.7 Å². The van der Waals surface area contributed by atoms with Crippen LogP contribution in [-0.2, 0) is 0 Å². The molecule has 0 unspecified atom stereocenters. The summed E-state index contributed by atoms with van der Waals surface area (Å²) >= 11 is 0. The highest BCUT2D eigenvalue weighted by molar-refractivity contribution is 5.64. The molecule has 88 valence electrons. The van der Waals surface area contributed by atoms with E-state index in [0.717, 1.165) is 35.2 Å². The molecule has 1 aromatic carbocycles. The first-order valence-corrected chi connectivity index (χ1v) is 5.84. The van der Waals surface area contributed by atoms with Crippen LogP contribution < -0.4 is 0 Å². The van der Waals surface area contributed by atoms with E-state index in [4.69, 9.17) is 0 Å². The number of aryl methyl sites for hydroxylation is 1. The van der Waals surface area contributed by atoms with E-state index in [1.807, 2.05) is 13.8 Å². The molecular formula is C13H14FN3. The average molecular weight is 231 g/mol. The Hall–Kier alpha value is -1.71. The molecule has 0 spiro atoms. The predicted octanol–water partition coefficient (Wildman–Crippen LogP) is 3.04. The molecule has 0 amide bonds. The largest absolute Gasteiger partial charge is 0.207 e. The first-order valence-electron chi connectivity index (χ1n) is 5.84. The van der Waals surface area contributed by atoms with Crippen molar-refractivity contribution in [3.05, 3.63) is 35.3 Å². The van der Waals surface area contributed by atoms with Crippen LogP contribution in [0.1, 0.15) is 30.0 Å². The third-order valence-corrected chi connectivity index (χ3v) is 3.29. The second-order valence-electron chi connectivity index (χ2n) is 4.68. The lowest BCUT2D eigenvalue weighted by atomic mass is 10.0. The van der Waals surface area contributed by atoms with E-state index in [2.05, 4.69) is 10.2 Å². The van der Waals surface area contributed by atoms with Gasteiger partial charge in [0.15, 0.2) is 0 Å². The van der Waals surface area contributed by atoms with Crippen molar-refractivity contribution in [3.8, 4) is 11.3 Å². The van der Waals surface area contributed by atoms with Crippen molar-refractivity contribution in [2.75, 3.05) is 0 Å². The second-order valence-corrected chi connectivity index (χ2v) is 4.68. The summed E-state index contributed by atoms with van der Waals surface area (Å²) < 4.78 is 13.4. The molecule has 1 heterocycles. The maximum atomic E-state index is 13.4. The van der Waals surface area contributed by atoms with Crippen LogP contribution in [0, 0.1) is 19.7 Å². The summed E-state index contributed by atoms with van der Waals surface area (Å²) in [6.45, 7) is 3.90. The van der Waals surface area contributed by atoms with Crippen molar-refractivity contribution in [3.63, 3.8) is 0 Å². The third kappa shape index (κ3) is 1.84. The van der Waals surface area contributed by atoms with Crippen molar-refractivity contribution in [1.29, 1.82) is 0 Å². The molecular weight excluding hydrogens is 217 g/mol. The van der Waals surface area contributed by atoms with Gasteiger partial charge in [-0.3, -0.25) is 0 Å². The lowest BCUT2D eigenvalue weighted by Crippen LogP contribution is -1.98. The fraction of sp³-hybridized carbons (Fsp3) is 0.385. The summed E-state index contributed by atoms with van der Waals surface area (Å²) in [4.78, 5) is 1.75. The minimum absolute atomic E-state index is 0.218. The topological polar surface area (TPSA) is 30.7 Å². The van der Waals surface area contributed by atoms with E-state index in [9.17, 15) is 4.39 Å². The van der Waals surface area contributed by atoms with Gasteiger partial charge in [-0.15, -0.1) is 0 Å². The maximum absolute atomic E-state index is 13.4. The normalized spacial score (nSPS) is 15.2. The highest BCUT2D eigenvalue weighted by Crippen LogP contribution is 2.34. The van der Waals surface area contributed by atoms with Crippen LogP contribution in [0.4, 0.5) is 4.39 Å². The Balaban J connectivity index is 2.07. The van der Waals surface area contributed by atoms with Gasteiger partial charge in [0.2, 0.25) is 0 Å². The number of rotatable bonds is 2. The zero-order chi connectivity index (χ0) is 12.0. The van der Waals surface area contributed by atoms with Gasteiger partial charge >= 0.3 is 0 Å². The molecule has 1 aliphatic rings. The van der Waals surface area contributed by atoms with E-state index in [1.165, 1.54) is 6.07 Å². The summed E-state index contributed by atoms with van der Waals surface area (Å²) in [5.74, 6) is -0.218. The minimum Gasteiger partial charge on any atom is -0.207 e. The molecule has 4 heteroatoms. The number of benzene rings is 1. The summed E-state index contributed by atoms with van der Waals surface area (Å²) in [6.07, 6.45) is 4.02. The second kappa shape index (κ2) is 3.65. The molecule has 3 nitrogen and oxygen atoms in total. The Morgan fingerprint density at radius 3 is 2.76 bits per heavy atom. The first kappa shape index (κ1) is 10.4. The molecule has 1 aromatic heterocycles. The molecule has 0 bridgehead atoms. The molecule has 0 radical (unpaired) electrons. The van der Waals surface area contributed by atoms with Gasteiger partial charge in [-0.1, -0.05) is 0 Å². The molecule has 0 N–H and O–H groups in total. The van der Waals surface area contributed by atoms with Gasteiger partial charge < -0.3 is 0 Å². The van der Waals surface area contributed by atoms with Crippen LogP contribution in [-0.4, -0.2) is 15.0 Å². The van der Waals surface area contributed by atoms with Crippen molar-refractivity contribution >= 4 is 0 Å². The van der Waals surface area contributed by atoms with Crippen LogP contribution in [0.3, 0.4) is 0 Å². The Bertz CT molecular complexity index is 570. The molecule has 3 rings (SSSR count). The van der Waals surface area contributed by atoms with Gasteiger partial charge in [0.25, 0.3) is 0 Å². The monoisotopic (exact) mass is 231 g/mol. The molecule has 0 atom stereocenters. The smallest absolute Gasteiger partial charge is 0.124 e. The lowest BCUT2D eigenvalue weighted by Gasteiger charge is -2.06. The molecule has 0 aliphatic heterocycles. The summed E-state index contributed by atoms with van der Waals surface area (Å²) in [7, 11) is 0. The predicted molar refractivity (Wildman–Crippen MR) is 63.2 cm³/mol. The molecule has 1 saturated carbocycles. The number of hydrogen-bond acceptors (Lipinski definition) is 2. The van der Waals surface area contributed by atoms with E-state index in [1.54, 1.807) is 17.1 Å². The van der Waals surface area contributed by atoms with Crippen LogP contribution in [0.25, 0.3) is 11.3 Å². The van der Waals surface area contributed by atoms with E-state index >= 15 is 0 Å². The number of aromatic nitrogens is 3. The van der Waals surface area contributed by atoms with Gasteiger partial charge in [-0.25, -0.2) is 4.39 Å². The average Bonchev–Trinajstić information content (AvgIpc) is 3.02.